The average molecular weight is 655 g/mol. The van der Waals surface area contributed by atoms with Gasteiger partial charge in [0, 0.05) is 25.5 Å². The zero-order chi connectivity index (χ0) is 31.9. The number of aromatic nitrogens is 1. The Morgan fingerprint density at radius 2 is 1.50 bits per heavy atom. The lowest BCUT2D eigenvalue weighted by atomic mass is 9.91. The molecule has 1 saturated heterocycles. The van der Waals surface area contributed by atoms with Gasteiger partial charge in [0.1, 0.15) is 0 Å². The van der Waals surface area contributed by atoms with E-state index in [0.717, 1.165) is 11.1 Å². The van der Waals surface area contributed by atoms with Gasteiger partial charge in [-0.1, -0.05) is 0 Å². The molecule has 0 radical (unpaired) electrons. The fraction of sp³-hybridized carbons (Fsp3) is 0.500. The number of nitrogens with zero attached hydrogens (tertiary/aromatic N) is 2. The number of carbonyl (C=O) groups excluding carboxylic acids is 1. The number of pyridine rings is 1. The van der Waals surface area contributed by atoms with Crippen LogP contribution in [0, 0.1) is 5.92 Å². The Kier molecular flexibility index (Phi) is 9.33. The lowest BCUT2D eigenvalue weighted by Gasteiger charge is -2.33. The third-order valence-electron chi connectivity index (χ3n) is 6.71. The molecular weight excluding hydrogens is 631 g/mol. The Balaban J connectivity index is 1.73. The monoisotopic (exact) mass is 654 g/mol. The minimum Gasteiger partial charge on any atom is -0.339 e. The number of rotatable bonds is 7. The molecule has 1 unspecified atom stereocenters. The van der Waals surface area contributed by atoms with E-state index < -0.39 is 81.6 Å². The molecule has 3 rings (SSSR count). The first-order chi connectivity index (χ1) is 19.0. The summed E-state index contributed by atoms with van der Waals surface area (Å²) in [7, 11) is -9.42. The molecule has 1 aliphatic rings. The third-order valence-corrected chi connectivity index (χ3v) is 10.5. The van der Waals surface area contributed by atoms with Crippen LogP contribution >= 0.6 is 0 Å². The van der Waals surface area contributed by atoms with Crippen molar-refractivity contribution in [2.45, 2.75) is 59.8 Å². The van der Waals surface area contributed by atoms with Crippen molar-refractivity contribution >= 4 is 25.6 Å². The maximum atomic E-state index is 13.7. The highest BCUT2D eigenvalue weighted by Crippen LogP contribution is 2.36. The topological polar surface area (TPSA) is 101 Å². The van der Waals surface area contributed by atoms with E-state index in [9.17, 15) is 61.1 Å². The average Bonchev–Trinajstić information content (AvgIpc) is 2.86. The number of halogens is 9. The van der Waals surface area contributed by atoms with E-state index in [4.69, 9.17) is 0 Å². The van der Waals surface area contributed by atoms with Crippen LogP contribution in [0.4, 0.5) is 39.5 Å². The fourth-order valence-corrected chi connectivity index (χ4v) is 7.20. The predicted octanol–water partition coefficient (Wildman–Crippen LogP) is 5.56. The standard InChI is InChI=1S/C24H23F9N2O5S2/c1-14(42(39,40)18-9-16(11-34-12-18)23(28,29)30)8-15-4-6-35(7-5-15)21(36)19-3-2-17(10-20(19)24(31,32)33)41(37,38)13-22(25,26)27/h2-3,9-12,14-15H,4-8,13H2,1H3. The molecule has 0 aliphatic carbocycles. The molecule has 42 heavy (non-hydrogen) atoms. The van der Waals surface area contributed by atoms with Crippen molar-refractivity contribution in [2.24, 2.45) is 5.92 Å². The van der Waals surface area contributed by atoms with Gasteiger partial charge in [0.2, 0.25) is 0 Å². The number of hydrogen-bond acceptors (Lipinski definition) is 6. The number of alkyl halides is 9. The molecule has 0 saturated carbocycles. The van der Waals surface area contributed by atoms with Crippen molar-refractivity contribution in [3.63, 3.8) is 0 Å². The van der Waals surface area contributed by atoms with Crippen LogP contribution in [0.2, 0.25) is 0 Å². The lowest BCUT2D eigenvalue weighted by molar-refractivity contribution is -0.138. The van der Waals surface area contributed by atoms with Gasteiger partial charge in [-0.2, -0.15) is 39.5 Å². The molecular formula is C24H23F9N2O5S2. The van der Waals surface area contributed by atoms with Gasteiger partial charge in [0.15, 0.2) is 25.4 Å². The SMILES string of the molecule is CC(CC1CCN(C(=O)c2ccc(S(=O)(=O)CC(F)(F)F)cc2C(F)(F)F)CC1)S(=O)(=O)c1cncc(C(F)(F)F)c1. The molecule has 0 spiro atoms. The smallest absolute Gasteiger partial charge is 0.339 e. The van der Waals surface area contributed by atoms with Crippen LogP contribution in [0.5, 0.6) is 0 Å². The summed E-state index contributed by atoms with van der Waals surface area (Å²) in [5.74, 6) is -3.91. The van der Waals surface area contributed by atoms with Crippen LogP contribution in [0.25, 0.3) is 0 Å². The molecule has 234 valence electrons. The first-order valence-corrected chi connectivity index (χ1v) is 15.3. The summed E-state index contributed by atoms with van der Waals surface area (Å²) in [6.45, 7) is 1.02. The van der Waals surface area contributed by atoms with E-state index in [1.165, 1.54) is 6.92 Å². The number of amides is 1. The number of sulfone groups is 2. The molecule has 2 aromatic rings. The molecule has 2 heterocycles. The minimum absolute atomic E-state index is 0.0176. The summed E-state index contributed by atoms with van der Waals surface area (Å²) >= 11 is 0. The Bertz CT molecular complexity index is 1530. The van der Waals surface area contributed by atoms with Gasteiger partial charge in [-0.25, -0.2) is 16.8 Å². The van der Waals surface area contributed by atoms with E-state index >= 15 is 0 Å². The third kappa shape index (κ3) is 7.93. The van der Waals surface area contributed by atoms with Crippen molar-refractivity contribution in [1.29, 1.82) is 0 Å². The number of benzene rings is 1. The van der Waals surface area contributed by atoms with Crippen molar-refractivity contribution in [2.75, 3.05) is 18.8 Å². The van der Waals surface area contributed by atoms with Crippen LogP contribution in [0.1, 0.15) is 47.7 Å². The summed E-state index contributed by atoms with van der Waals surface area (Å²) in [6, 6.07) is 1.44. The quantitative estimate of drug-likeness (QED) is 0.363. The predicted molar refractivity (Wildman–Crippen MR) is 129 cm³/mol. The maximum Gasteiger partial charge on any atom is 0.417 e. The van der Waals surface area contributed by atoms with Crippen molar-refractivity contribution in [1.82, 2.24) is 9.88 Å². The van der Waals surface area contributed by atoms with Gasteiger partial charge in [-0.05, 0) is 56.4 Å². The van der Waals surface area contributed by atoms with Crippen molar-refractivity contribution < 1.29 is 61.1 Å². The molecule has 1 aliphatic heterocycles. The van der Waals surface area contributed by atoms with Crippen LogP contribution in [-0.4, -0.2) is 62.9 Å². The van der Waals surface area contributed by atoms with Gasteiger partial charge < -0.3 is 4.90 Å². The Morgan fingerprint density at radius 1 is 0.905 bits per heavy atom. The van der Waals surface area contributed by atoms with Crippen LogP contribution in [0.15, 0.2) is 46.5 Å². The van der Waals surface area contributed by atoms with E-state index in [-0.39, 0.29) is 44.3 Å². The number of piperidine rings is 1. The van der Waals surface area contributed by atoms with E-state index in [1.54, 1.807) is 0 Å². The second kappa shape index (κ2) is 11.7. The van der Waals surface area contributed by atoms with Gasteiger partial charge in [-0.15, -0.1) is 0 Å². The zero-order valence-corrected chi connectivity index (χ0v) is 23.1. The molecule has 0 N–H and O–H groups in total. The van der Waals surface area contributed by atoms with Gasteiger partial charge in [0.25, 0.3) is 5.91 Å². The summed E-state index contributed by atoms with van der Waals surface area (Å²) in [5, 5.41) is -1.15. The number of carbonyl (C=O) groups is 1. The first-order valence-electron chi connectivity index (χ1n) is 12.1. The molecule has 18 heteroatoms. The van der Waals surface area contributed by atoms with Crippen molar-refractivity contribution in [3.8, 4) is 0 Å². The van der Waals surface area contributed by atoms with Crippen LogP contribution < -0.4 is 0 Å². The van der Waals surface area contributed by atoms with E-state index in [2.05, 4.69) is 4.98 Å². The lowest BCUT2D eigenvalue weighted by Crippen LogP contribution is -2.40. The van der Waals surface area contributed by atoms with Gasteiger partial charge in [0.05, 0.1) is 31.7 Å². The summed E-state index contributed by atoms with van der Waals surface area (Å²) in [5.41, 5.74) is -3.95. The Hall–Kier alpha value is -2.89. The molecule has 1 fully saturated rings. The molecule has 1 aromatic heterocycles. The van der Waals surface area contributed by atoms with Gasteiger partial charge in [-0.3, -0.25) is 9.78 Å². The summed E-state index contributed by atoms with van der Waals surface area (Å²) in [4.78, 5) is 15.4. The molecule has 7 nitrogen and oxygen atoms in total. The molecule has 0 bridgehead atoms. The van der Waals surface area contributed by atoms with Crippen molar-refractivity contribution in [3.05, 3.63) is 53.3 Å². The van der Waals surface area contributed by atoms with E-state index in [1.807, 2.05) is 0 Å². The molecule has 1 amide bonds. The summed E-state index contributed by atoms with van der Waals surface area (Å²) in [6.07, 6.45) is -13.8. The van der Waals surface area contributed by atoms with Gasteiger partial charge >= 0.3 is 18.5 Å². The normalized spacial score (nSPS) is 16.9. The number of likely N-dealkylation sites (tertiary alicyclic amines) is 1. The highest BCUT2D eigenvalue weighted by molar-refractivity contribution is 7.92. The second-order valence-corrected chi connectivity index (χ2v) is 14.2. The minimum atomic E-state index is -5.28. The highest BCUT2D eigenvalue weighted by Gasteiger charge is 2.41. The second-order valence-electron chi connectivity index (χ2n) is 9.81. The molecule has 1 aromatic carbocycles. The van der Waals surface area contributed by atoms with Crippen LogP contribution in [-0.2, 0) is 32.0 Å². The fourth-order valence-electron chi connectivity index (χ4n) is 4.54. The van der Waals surface area contributed by atoms with E-state index in [0.29, 0.717) is 24.4 Å². The maximum absolute atomic E-state index is 13.7. The Morgan fingerprint density at radius 3 is 2.02 bits per heavy atom. The summed E-state index contributed by atoms with van der Waals surface area (Å²) < 4.78 is 168. The van der Waals surface area contributed by atoms with Crippen LogP contribution in [0.3, 0.4) is 0 Å². The highest BCUT2D eigenvalue weighted by atomic mass is 32.2. The first kappa shape index (κ1) is 33.6. The Labute approximate surface area is 234 Å². The zero-order valence-electron chi connectivity index (χ0n) is 21.5. The molecule has 1 atom stereocenters. The number of hydrogen-bond donors (Lipinski definition) is 0. The largest absolute Gasteiger partial charge is 0.417 e.